The SMILES string of the molecule is Cc1nn(C)c(N2CCCCC2CO)c1CNC(C)C. The highest BCUT2D eigenvalue weighted by molar-refractivity contribution is 5.51. The summed E-state index contributed by atoms with van der Waals surface area (Å²) in [4.78, 5) is 2.35. The lowest BCUT2D eigenvalue weighted by Crippen LogP contribution is -2.43. The van der Waals surface area contributed by atoms with E-state index in [0.29, 0.717) is 6.04 Å². The number of nitrogens with zero attached hydrogens (tertiary/aromatic N) is 3. The van der Waals surface area contributed by atoms with Gasteiger partial charge in [-0.25, -0.2) is 0 Å². The maximum atomic E-state index is 9.64. The number of rotatable bonds is 5. The molecule has 0 radical (unpaired) electrons. The molecule has 0 bridgehead atoms. The van der Waals surface area contributed by atoms with Gasteiger partial charge in [-0.05, 0) is 26.2 Å². The molecule has 1 aliphatic rings. The molecule has 1 fully saturated rings. The van der Waals surface area contributed by atoms with Crippen molar-refractivity contribution in [2.45, 2.75) is 58.7 Å². The minimum absolute atomic E-state index is 0.223. The number of piperidine rings is 1. The summed E-state index contributed by atoms with van der Waals surface area (Å²) < 4.78 is 1.97. The van der Waals surface area contributed by atoms with Crippen LogP contribution in [0.4, 0.5) is 5.82 Å². The molecule has 2 rings (SSSR count). The highest BCUT2D eigenvalue weighted by atomic mass is 16.3. The van der Waals surface area contributed by atoms with Crippen molar-refractivity contribution in [3.63, 3.8) is 0 Å². The number of aliphatic hydroxyl groups excluding tert-OH is 1. The van der Waals surface area contributed by atoms with E-state index in [1.165, 1.54) is 24.2 Å². The second-order valence-electron chi connectivity index (χ2n) is 6.07. The highest BCUT2D eigenvalue weighted by Crippen LogP contribution is 2.29. The minimum Gasteiger partial charge on any atom is -0.394 e. The molecule has 1 aromatic rings. The van der Waals surface area contributed by atoms with Crippen LogP contribution in [0.1, 0.15) is 44.4 Å². The molecule has 0 saturated carbocycles. The molecule has 0 spiro atoms. The Morgan fingerprint density at radius 3 is 2.80 bits per heavy atom. The van der Waals surface area contributed by atoms with Crippen molar-refractivity contribution >= 4 is 5.82 Å². The monoisotopic (exact) mass is 280 g/mol. The Morgan fingerprint density at radius 1 is 1.40 bits per heavy atom. The highest BCUT2D eigenvalue weighted by Gasteiger charge is 2.27. The molecule has 5 nitrogen and oxygen atoms in total. The van der Waals surface area contributed by atoms with Crippen molar-refractivity contribution in [3.8, 4) is 0 Å². The molecule has 1 aromatic heterocycles. The third kappa shape index (κ3) is 3.15. The summed E-state index contributed by atoms with van der Waals surface area (Å²) in [6, 6.07) is 0.689. The first-order valence-corrected chi connectivity index (χ1v) is 7.68. The van der Waals surface area contributed by atoms with E-state index in [1.54, 1.807) is 0 Å². The van der Waals surface area contributed by atoms with E-state index in [2.05, 4.69) is 36.1 Å². The maximum absolute atomic E-state index is 9.64. The molecule has 0 aromatic carbocycles. The fourth-order valence-electron chi connectivity index (χ4n) is 3.03. The van der Waals surface area contributed by atoms with Crippen molar-refractivity contribution in [2.24, 2.45) is 7.05 Å². The van der Waals surface area contributed by atoms with Gasteiger partial charge in [0, 0.05) is 31.7 Å². The Hall–Kier alpha value is -1.07. The van der Waals surface area contributed by atoms with Crippen LogP contribution in [0.5, 0.6) is 0 Å². The molecule has 20 heavy (non-hydrogen) atoms. The number of hydrogen-bond donors (Lipinski definition) is 2. The van der Waals surface area contributed by atoms with E-state index in [9.17, 15) is 5.11 Å². The van der Waals surface area contributed by atoms with Crippen LogP contribution in [0.3, 0.4) is 0 Å². The van der Waals surface area contributed by atoms with Gasteiger partial charge in [-0.2, -0.15) is 5.10 Å². The van der Waals surface area contributed by atoms with E-state index in [1.807, 2.05) is 11.7 Å². The average molecular weight is 280 g/mol. The van der Waals surface area contributed by atoms with E-state index in [0.717, 1.165) is 25.2 Å². The van der Waals surface area contributed by atoms with Crippen molar-refractivity contribution in [3.05, 3.63) is 11.3 Å². The van der Waals surface area contributed by atoms with Gasteiger partial charge in [0.2, 0.25) is 0 Å². The van der Waals surface area contributed by atoms with Crippen LogP contribution < -0.4 is 10.2 Å². The van der Waals surface area contributed by atoms with Crippen LogP contribution in [0, 0.1) is 6.92 Å². The van der Waals surface area contributed by atoms with Gasteiger partial charge in [-0.3, -0.25) is 4.68 Å². The van der Waals surface area contributed by atoms with Crippen molar-refractivity contribution in [1.82, 2.24) is 15.1 Å². The van der Waals surface area contributed by atoms with E-state index in [-0.39, 0.29) is 12.6 Å². The Bertz CT molecular complexity index is 441. The first kappa shape index (κ1) is 15.3. The number of hydrogen-bond acceptors (Lipinski definition) is 4. The number of aryl methyl sites for hydroxylation is 2. The zero-order valence-electron chi connectivity index (χ0n) is 13.2. The molecule has 1 aliphatic heterocycles. The van der Waals surface area contributed by atoms with Crippen LogP contribution in [-0.4, -0.2) is 40.1 Å². The van der Waals surface area contributed by atoms with Gasteiger partial charge >= 0.3 is 0 Å². The van der Waals surface area contributed by atoms with Crippen molar-refractivity contribution in [1.29, 1.82) is 0 Å². The van der Waals surface area contributed by atoms with Crippen LogP contribution in [0.25, 0.3) is 0 Å². The lowest BCUT2D eigenvalue weighted by Gasteiger charge is -2.37. The molecular formula is C15H28N4O. The van der Waals surface area contributed by atoms with Gasteiger partial charge in [0.25, 0.3) is 0 Å². The standard InChI is InChI=1S/C15H28N4O/c1-11(2)16-9-14-12(3)17-18(4)15(14)19-8-6-5-7-13(19)10-20/h11,13,16,20H,5-10H2,1-4H3. The summed E-state index contributed by atoms with van der Waals surface area (Å²) in [6.07, 6.45) is 3.47. The van der Waals surface area contributed by atoms with Gasteiger partial charge in [0.1, 0.15) is 5.82 Å². The molecule has 114 valence electrons. The van der Waals surface area contributed by atoms with Crippen LogP contribution in [0.15, 0.2) is 0 Å². The van der Waals surface area contributed by atoms with Crippen LogP contribution in [0.2, 0.25) is 0 Å². The maximum Gasteiger partial charge on any atom is 0.131 e. The molecule has 2 heterocycles. The molecule has 0 aliphatic carbocycles. The van der Waals surface area contributed by atoms with Gasteiger partial charge < -0.3 is 15.3 Å². The van der Waals surface area contributed by atoms with Crippen LogP contribution >= 0.6 is 0 Å². The summed E-state index contributed by atoms with van der Waals surface area (Å²) in [7, 11) is 2.00. The average Bonchev–Trinajstić information content (AvgIpc) is 2.70. The zero-order chi connectivity index (χ0) is 14.7. The predicted octanol–water partition coefficient (Wildman–Crippen LogP) is 1.58. The summed E-state index contributed by atoms with van der Waals surface area (Å²) >= 11 is 0. The summed E-state index contributed by atoms with van der Waals surface area (Å²) in [5, 5.41) is 17.7. The predicted molar refractivity (Wildman–Crippen MR) is 82.0 cm³/mol. The first-order chi connectivity index (χ1) is 9.54. The quantitative estimate of drug-likeness (QED) is 0.860. The normalized spacial score (nSPS) is 19.9. The van der Waals surface area contributed by atoms with Crippen LogP contribution in [-0.2, 0) is 13.6 Å². The van der Waals surface area contributed by atoms with E-state index in [4.69, 9.17) is 0 Å². The largest absolute Gasteiger partial charge is 0.394 e. The topological polar surface area (TPSA) is 53.3 Å². The third-order valence-electron chi connectivity index (χ3n) is 4.11. The Labute approximate surface area is 122 Å². The van der Waals surface area contributed by atoms with Crippen molar-refractivity contribution in [2.75, 3.05) is 18.1 Å². The lowest BCUT2D eigenvalue weighted by molar-refractivity contribution is 0.238. The summed E-state index contributed by atoms with van der Waals surface area (Å²) in [5.74, 6) is 1.18. The number of aromatic nitrogens is 2. The molecule has 1 atom stereocenters. The molecule has 0 amide bonds. The summed E-state index contributed by atoms with van der Waals surface area (Å²) in [5.41, 5.74) is 2.35. The minimum atomic E-state index is 0.223. The molecule has 5 heteroatoms. The van der Waals surface area contributed by atoms with Gasteiger partial charge in [-0.1, -0.05) is 13.8 Å². The van der Waals surface area contributed by atoms with Crippen molar-refractivity contribution < 1.29 is 5.11 Å². The van der Waals surface area contributed by atoms with Gasteiger partial charge in [0.15, 0.2) is 0 Å². The third-order valence-corrected chi connectivity index (χ3v) is 4.11. The molecule has 1 unspecified atom stereocenters. The number of aliphatic hydroxyl groups is 1. The molecular weight excluding hydrogens is 252 g/mol. The Balaban J connectivity index is 2.28. The Kier molecular flexibility index (Phi) is 5.05. The first-order valence-electron chi connectivity index (χ1n) is 7.68. The Morgan fingerprint density at radius 2 is 2.15 bits per heavy atom. The second-order valence-corrected chi connectivity index (χ2v) is 6.07. The zero-order valence-corrected chi connectivity index (χ0v) is 13.2. The number of anilines is 1. The van der Waals surface area contributed by atoms with E-state index >= 15 is 0 Å². The summed E-state index contributed by atoms with van der Waals surface area (Å²) in [6.45, 7) is 8.45. The van der Waals surface area contributed by atoms with E-state index < -0.39 is 0 Å². The molecule has 2 N–H and O–H groups in total. The lowest BCUT2D eigenvalue weighted by atomic mass is 10.0. The number of nitrogens with one attached hydrogen (secondary N) is 1. The van der Waals surface area contributed by atoms with Gasteiger partial charge in [-0.15, -0.1) is 0 Å². The fraction of sp³-hybridized carbons (Fsp3) is 0.800. The van der Waals surface area contributed by atoms with Gasteiger partial charge in [0.05, 0.1) is 18.3 Å². The molecule has 1 saturated heterocycles. The fourth-order valence-corrected chi connectivity index (χ4v) is 3.03. The second kappa shape index (κ2) is 6.59. The smallest absolute Gasteiger partial charge is 0.131 e.